The van der Waals surface area contributed by atoms with Gasteiger partial charge in [0.2, 0.25) is 0 Å². The molecule has 0 saturated carbocycles. The molecule has 0 aromatic heterocycles. The van der Waals surface area contributed by atoms with Gasteiger partial charge in [-0.15, -0.1) is 0 Å². The van der Waals surface area contributed by atoms with Gasteiger partial charge in [-0.05, 0) is 30.0 Å². The van der Waals surface area contributed by atoms with E-state index in [2.05, 4.69) is 0 Å². The van der Waals surface area contributed by atoms with Crippen molar-refractivity contribution in [2.24, 2.45) is 5.92 Å². The van der Waals surface area contributed by atoms with Gasteiger partial charge in [0.05, 0.1) is 12.2 Å². The Hall–Kier alpha value is -1.84. The molecular formula is C14H18O4. The predicted molar refractivity (Wildman–Crippen MR) is 67.5 cm³/mol. The average Bonchev–Trinajstić information content (AvgIpc) is 2.33. The molecule has 0 heterocycles. The molecule has 1 N–H and O–H groups in total. The fourth-order valence-corrected chi connectivity index (χ4v) is 1.43. The molecule has 0 aliphatic heterocycles. The van der Waals surface area contributed by atoms with Crippen LogP contribution in [0.5, 0.6) is 0 Å². The van der Waals surface area contributed by atoms with Gasteiger partial charge in [-0.25, -0.2) is 4.79 Å². The zero-order valence-electron chi connectivity index (χ0n) is 10.7. The summed E-state index contributed by atoms with van der Waals surface area (Å²) in [6.45, 7) is 4.32. The largest absolute Gasteiger partial charge is 0.481 e. The number of aryl methyl sites for hydroxylation is 1. The maximum atomic E-state index is 11.7. The van der Waals surface area contributed by atoms with Crippen LogP contribution in [0.4, 0.5) is 0 Å². The molecule has 0 radical (unpaired) electrons. The van der Waals surface area contributed by atoms with Gasteiger partial charge in [0.1, 0.15) is 0 Å². The molecule has 0 bridgehead atoms. The molecule has 4 heteroatoms. The number of rotatable bonds is 6. The number of carboxylic acids is 1. The minimum absolute atomic E-state index is 0.0600. The van der Waals surface area contributed by atoms with Crippen molar-refractivity contribution in [1.29, 1.82) is 0 Å². The minimum Gasteiger partial charge on any atom is -0.481 e. The van der Waals surface area contributed by atoms with Crippen molar-refractivity contribution in [3.63, 3.8) is 0 Å². The summed E-state index contributed by atoms with van der Waals surface area (Å²) in [5, 5.41) is 8.61. The van der Waals surface area contributed by atoms with Crippen LogP contribution in [0.25, 0.3) is 0 Å². The van der Waals surface area contributed by atoms with E-state index < -0.39 is 5.97 Å². The van der Waals surface area contributed by atoms with E-state index in [0.717, 1.165) is 5.56 Å². The first-order valence-corrected chi connectivity index (χ1v) is 5.97. The first-order valence-electron chi connectivity index (χ1n) is 5.97. The maximum Gasteiger partial charge on any atom is 0.338 e. The van der Waals surface area contributed by atoms with Crippen LogP contribution in [-0.4, -0.2) is 23.7 Å². The summed E-state index contributed by atoms with van der Waals surface area (Å²) in [6, 6.07) is 6.91. The van der Waals surface area contributed by atoms with Crippen molar-refractivity contribution in [3.8, 4) is 0 Å². The SMILES string of the molecule is CC(C)COC(=O)c1cccc(CCC(=O)O)c1. The summed E-state index contributed by atoms with van der Waals surface area (Å²) in [5.74, 6) is -0.909. The second-order valence-electron chi connectivity index (χ2n) is 4.59. The van der Waals surface area contributed by atoms with Crippen LogP contribution in [0.2, 0.25) is 0 Å². The van der Waals surface area contributed by atoms with Gasteiger partial charge in [0.15, 0.2) is 0 Å². The Morgan fingerprint density at radius 3 is 2.67 bits per heavy atom. The van der Waals surface area contributed by atoms with Crippen LogP contribution in [0.1, 0.15) is 36.2 Å². The van der Waals surface area contributed by atoms with Crippen LogP contribution in [-0.2, 0) is 16.0 Å². The molecule has 0 saturated heterocycles. The number of hydrogen-bond acceptors (Lipinski definition) is 3. The van der Waals surface area contributed by atoms with E-state index in [4.69, 9.17) is 9.84 Å². The molecule has 0 spiro atoms. The highest BCUT2D eigenvalue weighted by atomic mass is 16.5. The van der Waals surface area contributed by atoms with Gasteiger partial charge >= 0.3 is 11.9 Å². The molecule has 1 aromatic carbocycles. The summed E-state index contributed by atoms with van der Waals surface area (Å²) in [5.41, 5.74) is 1.30. The number of ether oxygens (including phenoxy) is 1. The van der Waals surface area contributed by atoms with Crippen molar-refractivity contribution in [2.75, 3.05) is 6.61 Å². The molecule has 0 atom stereocenters. The summed E-state index contributed by atoms with van der Waals surface area (Å²) >= 11 is 0. The lowest BCUT2D eigenvalue weighted by Gasteiger charge is -2.08. The second kappa shape index (κ2) is 6.79. The Labute approximate surface area is 107 Å². The summed E-state index contributed by atoms with van der Waals surface area (Å²) in [7, 11) is 0. The van der Waals surface area contributed by atoms with Crippen LogP contribution in [0.3, 0.4) is 0 Å². The Kier molecular flexibility index (Phi) is 5.36. The summed E-state index contributed by atoms with van der Waals surface area (Å²) < 4.78 is 5.11. The van der Waals surface area contributed by atoms with Crippen LogP contribution in [0.15, 0.2) is 24.3 Å². The topological polar surface area (TPSA) is 63.6 Å². The second-order valence-corrected chi connectivity index (χ2v) is 4.59. The fourth-order valence-electron chi connectivity index (χ4n) is 1.43. The summed E-state index contributed by atoms with van der Waals surface area (Å²) in [4.78, 5) is 22.2. The predicted octanol–water partition coefficient (Wildman–Crippen LogP) is 2.52. The van der Waals surface area contributed by atoms with E-state index in [1.807, 2.05) is 19.9 Å². The molecule has 1 rings (SSSR count). The quantitative estimate of drug-likeness (QED) is 0.788. The van der Waals surface area contributed by atoms with Gasteiger partial charge in [-0.2, -0.15) is 0 Å². The number of carbonyl (C=O) groups excluding carboxylic acids is 1. The van der Waals surface area contributed by atoms with E-state index in [-0.39, 0.29) is 12.4 Å². The maximum absolute atomic E-state index is 11.7. The van der Waals surface area contributed by atoms with Gasteiger partial charge in [-0.3, -0.25) is 4.79 Å². The van der Waals surface area contributed by atoms with E-state index in [1.165, 1.54) is 0 Å². The monoisotopic (exact) mass is 250 g/mol. The highest BCUT2D eigenvalue weighted by molar-refractivity contribution is 5.89. The molecule has 1 aromatic rings. The van der Waals surface area contributed by atoms with E-state index in [1.54, 1.807) is 18.2 Å². The van der Waals surface area contributed by atoms with Gasteiger partial charge in [-0.1, -0.05) is 26.0 Å². The van der Waals surface area contributed by atoms with Gasteiger partial charge in [0, 0.05) is 6.42 Å². The van der Waals surface area contributed by atoms with Crippen molar-refractivity contribution >= 4 is 11.9 Å². The number of aliphatic carboxylic acids is 1. The van der Waals surface area contributed by atoms with Crippen molar-refractivity contribution in [1.82, 2.24) is 0 Å². The lowest BCUT2D eigenvalue weighted by atomic mass is 10.1. The van der Waals surface area contributed by atoms with Crippen molar-refractivity contribution in [3.05, 3.63) is 35.4 Å². The molecule has 4 nitrogen and oxygen atoms in total. The smallest absolute Gasteiger partial charge is 0.338 e. The highest BCUT2D eigenvalue weighted by Gasteiger charge is 2.09. The van der Waals surface area contributed by atoms with Crippen molar-refractivity contribution in [2.45, 2.75) is 26.7 Å². The Morgan fingerprint density at radius 1 is 1.33 bits per heavy atom. The van der Waals surface area contributed by atoms with Crippen LogP contribution >= 0.6 is 0 Å². The normalized spacial score (nSPS) is 10.4. The lowest BCUT2D eigenvalue weighted by molar-refractivity contribution is -0.136. The number of hydrogen-bond donors (Lipinski definition) is 1. The fraction of sp³-hybridized carbons (Fsp3) is 0.429. The number of carboxylic acid groups (broad SMARTS) is 1. The van der Waals surface area contributed by atoms with E-state index in [0.29, 0.717) is 24.5 Å². The highest BCUT2D eigenvalue weighted by Crippen LogP contribution is 2.09. The zero-order chi connectivity index (χ0) is 13.5. The Balaban J connectivity index is 2.63. The number of carbonyl (C=O) groups is 2. The third kappa shape index (κ3) is 4.99. The molecule has 0 aliphatic rings. The first-order chi connectivity index (χ1) is 8.49. The van der Waals surface area contributed by atoms with Crippen LogP contribution < -0.4 is 0 Å². The molecule has 18 heavy (non-hydrogen) atoms. The number of esters is 1. The molecular weight excluding hydrogens is 232 g/mol. The third-order valence-electron chi connectivity index (χ3n) is 2.34. The Morgan fingerprint density at radius 2 is 2.06 bits per heavy atom. The van der Waals surface area contributed by atoms with E-state index in [9.17, 15) is 9.59 Å². The van der Waals surface area contributed by atoms with Gasteiger partial charge < -0.3 is 9.84 Å². The standard InChI is InChI=1S/C14H18O4/c1-10(2)9-18-14(17)12-5-3-4-11(8-12)6-7-13(15)16/h3-5,8,10H,6-7,9H2,1-2H3,(H,15,16). The molecule has 0 amide bonds. The average molecular weight is 250 g/mol. The third-order valence-corrected chi connectivity index (χ3v) is 2.34. The molecule has 0 aliphatic carbocycles. The summed E-state index contributed by atoms with van der Waals surface area (Å²) in [6.07, 6.45) is 0.477. The van der Waals surface area contributed by atoms with Gasteiger partial charge in [0.25, 0.3) is 0 Å². The lowest BCUT2D eigenvalue weighted by Crippen LogP contribution is -2.10. The molecule has 98 valence electrons. The van der Waals surface area contributed by atoms with Crippen molar-refractivity contribution < 1.29 is 19.4 Å². The first kappa shape index (κ1) is 14.2. The Bertz CT molecular complexity index is 424. The minimum atomic E-state index is -0.845. The van der Waals surface area contributed by atoms with E-state index >= 15 is 0 Å². The van der Waals surface area contributed by atoms with Crippen LogP contribution in [0, 0.1) is 5.92 Å². The molecule has 0 unspecified atom stereocenters. The number of benzene rings is 1. The molecule has 0 fully saturated rings. The zero-order valence-corrected chi connectivity index (χ0v) is 10.7.